The monoisotopic (exact) mass is 425 g/mol. The van der Waals surface area contributed by atoms with Gasteiger partial charge in [0.05, 0.1) is 12.3 Å². The van der Waals surface area contributed by atoms with Crippen molar-refractivity contribution in [2.75, 3.05) is 12.4 Å². The highest BCUT2D eigenvalue weighted by atomic mass is 16.5. The number of nitrogens with zero attached hydrogens (tertiary/aromatic N) is 2. The van der Waals surface area contributed by atoms with Crippen molar-refractivity contribution >= 4 is 22.4 Å². The summed E-state index contributed by atoms with van der Waals surface area (Å²) in [7, 11) is 1.61. The second-order valence-electron chi connectivity index (χ2n) is 7.93. The molecule has 1 saturated carbocycles. The maximum Gasteiger partial charge on any atom is 0.256 e. The molecule has 1 aliphatic rings. The number of rotatable bonds is 7. The Balaban J connectivity index is 1.37. The van der Waals surface area contributed by atoms with E-state index in [1.165, 1.54) is 24.7 Å². The Bertz CT molecular complexity index is 1280. The SMILES string of the molecule is COCc1cc(Oc2ccc3c(C(=O)Nc4cccc(C5CC5)c4)cccc3c2)ncn1. The molecule has 0 unspecified atom stereocenters. The summed E-state index contributed by atoms with van der Waals surface area (Å²) >= 11 is 0. The maximum absolute atomic E-state index is 13.0. The topological polar surface area (TPSA) is 73.3 Å². The van der Waals surface area contributed by atoms with Crippen molar-refractivity contribution < 1.29 is 14.3 Å². The fourth-order valence-corrected chi connectivity index (χ4v) is 3.79. The molecule has 1 N–H and O–H groups in total. The summed E-state index contributed by atoms with van der Waals surface area (Å²) in [6, 6.07) is 21.2. The molecule has 1 heterocycles. The second kappa shape index (κ2) is 8.77. The van der Waals surface area contributed by atoms with E-state index >= 15 is 0 Å². The highest BCUT2D eigenvalue weighted by Crippen LogP contribution is 2.40. The molecule has 6 nitrogen and oxygen atoms in total. The minimum Gasteiger partial charge on any atom is -0.439 e. The molecule has 0 aliphatic heterocycles. The fourth-order valence-electron chi connectivity index (χ4n) is 3.79. The third-order valence-corrected chi connectivity index (χ3v) is 5.50. The van der Waals surface area contributed by atoms with Crippen molar-refractivity contribution in [3.63, 3.8) is 0 Å². The van der Waals surface area contributed by atoms with Crippen molar-refractivity contribution in [2.45, 2.75) is 25.4 Å². The number of benzene rings is 3. The fraction of sp³-hybridized carbons (Fsp3) is 0.192. The summed E-state index contributed by atoms with van der Waals surface area (Å²) in [5, 5.41) is 4.82. The van der Waals surface area contributed by atoms with E-state index < -0.39 is 0 Å². The van der Waals surface area contributed by atoms with Crippen LogP contribution in [0.3, 0.4) is 0 Å². The molecule has 0 atom stereocenters. The number of aromatic nitrogens is 2. The summed E-state index contributed by atoms with van der Waals surface area (Å²) in [5.74, 6) is 1.59. The smallest absolute Gasteiger partial charge is 0.256 e. The predicted molar refractivity (Wildman–Crippen MR) is 123 cm³/mol. The summed E-state index contributed by atoms with van der Waals surface area (Å²) in [4.78, 5) is 21.3. The number of carbonyl (C=O) groups is 1. The van der Waals surface area contributed by atoms with Gasteiger partial charge in [-0.25, -0.2) is 9.97 Å². The standard InChI is InChI=1S/C26H23N3O3/c1-31-15-21-14-25(28-16-27-21)32-22-10-11-23-19(13-22)5-3-7-24(23)26(30)29-20-6-2-4-18(12-20)17-8-9-17/h2-7,10-14,16-17H,8-9,15H2,1H3,(H,29,30). The molecule has 5 rings (SSSR count). The van der Waals surface area contributed by atoms with Gasteiger partial charge in [0, 0.05) is 24.4 Å². The summed E-state index contributed by atoms with van der Waals surface area (Å²) in [6.45, 7) is 0.388. The van der Waals surface area contributed by atoms with Crippen LogP contribution in [0.5, 0.6) is 11.6 Å². The number of methoxy groups -OCH3 is 1. The first-order chi connectivity index (χ1) is 15.7. The average molecular weight is 425 g/mol. The first-order valence-electron chi connectivity index (χ1n) is 10.6. The van der Waals surface area contributed by atoms with Gasteiger partial charge in [0.15, 0.2) is 0 Å². The predicted octanol–water partition coefficient (Wildman–Crippen LogP) is 5.70. The molecule has 6 heteroatoms. The first kappa shape index (κ1) is 20.2. The van der Waals surface area contributed by atoms with Crippen LogP contribution in [0.1, 0.15) is 40.4 Å². The Morgan fingerprint density at radius 2 is 1.91 bits per heavy atom. The van der Waals surface area contributed by atoms with Gasteiger partial charge in [-0.05, 0) is 71.5 Å². The summed E-state index contributed by atoms with van der Waals surface area (Å²) < 4.78 is 11.0. The Hall–Kier alpha value is -3.77. The van der Waals surface area contributed by atoms with Crippen LogP contribution in [0.2, 0.25) is 0 Å². The molecule has 0 saturated heterocycles. The van der Waals surface area contributed by atoms with Gasteiger partial charge in [-0.3, -0.25) is 4.79 Å². The highest BCUT2D eigenvalue weighted by Gasteiger charge is 2.23. The molecule has 1 aliphatic carbocycles. The van der Waals surface area contributed by atoms with Crippen molar-refractivity contribution in [1.29, 1.82) is 0 Å². The molecule has 1 aromatic heterocycles. The lowest BCUT2D eigenvalue weighted by Gasteiger charge is -2.11. The van der Waals surface area contributed by atoms with E-state index in [2.05, 4.69) is 27.4 Å². The lowest BCUT2D eigenvalue weighted by molar-refractivity contribution is 0.102. The Morgan fingerprint density at radius 3 is 2.75 bits per heavy atom. The van der Waals surface area contributed by atoms with Gasteiger partial charge in [0.25, 0.3) is 5.91 Å². The molecular weight excluding hydrogens is 402 g/mol. The number of hydrogen-bond acceptors (Lipinski definition) is 5. The third kappa shape index (κ3) is 4.45. The van der Waals surface area contributed by atoms with Crippen LogP contribution < -0.4 is 10.1 Å². The average Bonchev–Trinajstić information content (AvgIpc) is 3.65. The van der Waals surface area contributed by atoms with Crippen LogP contribution in [0.15, 0.2) is 73.1 Å². The van der Waals surface area contributed by atoms with Gasteiger partial charge in [-0.15, -0.1) is 0 Å². The molecule has 32 heavy (non-hydrogen) atoms. The summed E-state index contributed by atoms with van der Waals surface area (Å²) in [5.41, 5.74) is 3.48. The molecule has 160 valence electrons. The zero-order valence-electron chi connectivity index (χ0n) is 17.7. The van der Waals surface area contributed by atoms with E-state index in [-0.39, 0.29) is 5.91 Å². The van der Waals surface area contributed by atoms with E-state index in [1.54, 1.807) is 13.2 Å². The maximum atomic E-state index is 13.0. The zero-order valence-corrected chi connectivity index (χ0v) is 17.7. The van der Waals surface area contributed by atoms with E-state index in [4.69, 9.17) is 9.47 Å². The molecule has 1 amide bonds. The number of fused-ring (bicyclic) bond motifs is 1. The number of carbonyl (C=O) groups excluding carboxylic acids is 1. The number of nitrogens with one attached hydrogen (secondary N) is 1. The van der Waals surface area contributed by atoms with Crippen LogP contribution in [0.25, 0.3) is 10.8 Å². The second-order valence-corrected chi connectivity index (χ2v) is 7.93. The minimum atomic E-state index is -0.128. The number of anilines is 1. The van der Waals surface area contributed by atoms with Gasteiger partial charge >= 0.3 is 0 Å². The van der Waals surface area contributed by atoms with E-state index in [9.17, 15) is 4.79 Å². The van der Waals surface area contributed by atoms with Gasteiger partial charge in [-0.1, -0.05) is 24.3 Å². The first-order valence-corrected chi connectivity index (χ1v) is 10.6. The number of ether oxygens (including phenoxy) is 2. The normalized spacial score (nSPS) is 13.2. The number of amides is 1. The lowest BCUT2D eigenvalue weighted by atomic mass is 10.0. The molecule has 3 aromatic carbocycles. The van der Waals surface area contributed by atoms with Crippen molar-refractivity contribution in [2.24, 2.45) is 0 Å². The van der Waals surface area contributed by atoms with Crippen LogP contribution >= 0.6 is 0 Å². The Kier molecular flexibility index (Phi) is 5.52. The molecular formula is C26H23N3O3. The molecule has 0 bridgehead atoms. The Morgan fingerprint density at radius 1 is 1.03 bits per heavy atom. The van der Waals surface area contributed by atoms with Crippen LogP contribution in [-0.4, -0.2) is 23.0 Å². The lowest BCUT2D eigenvalue weighted by Crippen LogP contribution is -2.12. The molecule has 4 aromatic rings. The minimum absolute atomic E-state index is 0.128. The molecule has 0 spiro atoms. The molecule has 0 radical (unpaired) electrons. The van der Waals surface area contributed by atoms with E-state index in [0.29, 0.717) is 29.7 Å². The largest absolute Gasteiger partial charge is 0.439 e. The number of hydrogen-bond donors (Lipinski definition) is 1. The Labute approximate surface area is 186 Å². The van der Waals surface area contributed by atoms with Gasteiger partial charge in [0.2, 0.25) is 5.88 Å². The molecule has 1 fully saturated rings. The quantitative estimate of drug-likeness (QED) is 0.411. The van der Waals surface area contributed by atoms with Crippen molar-refractivity contribution in [3.05, 3.63) is 89.9 Å². The summed E-state index contributed by atoms with van der Waals surface area (Å²) in [6.07, 6.45) is 3.91. The van der Waals surface area contributed by atoms with Crippen LogP contribution in [0, 0.1) is 0 Å². The van der Waals surface area contributed by atoms with E-state index in [0.717, 1.165) is 22.2 Å². The van der Waals surface area contributed by atoms with Crippen molar-refractivity contribution in [1.82, 2.24) is 9.97 Å². The van der Waals surface area contributed by atoms with Crippen LogP contribution in [-0.2, 0) is 11.3 Å². The third-order valence-electron chi connectivity index (χ3n) is 5.50. The van der Waals surface area contributed by atoms with Gasteiger partial charge in [-0.2, -0.15) is 0 Å². The van der Waals surface area contributed by atoms with E-state index in [1.807, 2.05) is 48.5 Å². The van der Waals surface area contributed by atoms with Crippen molar-refractivity contribution in [3.8, 4) is 11.6 Å². The van der Waals surface area contributed by atoms with Gasteiger partial charge in [0.1, 0.15) is 12.1 Å². The van der Waals surface area contributed by atoms with Gasteiger partial charge < -0.3 is 14.8 Å². The zero-order chi connectivity index (χ0) is 21.9. The van der Waals surface area contributed by atoms with Crippen LogP contribution in [0.4, 0.5) is 5.69 Å². The highest BCUT2D eigenvalue weighted by molar-refractivity contribution is 6.13.